The van der Waals surface area contributed by atoms with Gasteiger partial charge in [0.05, 0.1) is 19.8 Å². The van der Waals surface area contributed by atoms with Crippen LogP contribution in [0, 0.1) is 17.3 Å². The van der Waals surface area contributed by atoms with Crippen LogP contribution in [0.25, 0.3) is 11.0 Å². The lowest BCUT2D eigenvalue weighted by atomic mass is 9.58. The number of allylic oxidation sites excluding steroid dienone is 2. The third-order valence-electron chi connectivity index (χ3n) is 7.99. The lowest BCUT2D eigenvalue weighted by Crippen LogP contribution is -2.45. The first-order valence-electron chi connectivity index (χ1n) is 12.5. The molecule has 1 saturated carbocycles. The highest BCUT2D eigenvalue weighted by atomic mass is 16.5. The summed E-state index contributed by atoms with van der Waals surface area (Å²) in [5, 5.41) is 0.871. The zero-order valence-corrected chi connectivity index (χ0v) is 20.9. The highest BCUT2D eigenvalue weighted by molar-refractivity contribution is 5.77. The molecule has 34 heavy (non-hydrogen) atoms. The molecule has 0 N–H and O–H groups in total. The Bertz CT molecular complexity index is 1110. The van der Waals surface area contributed by atoms with Gasteiger partial charge in [0.2, 0.25) is 5.91 Å². The molecular formula is C28H37NO5. The smallest absolute Gasteiger partial charge is 0.336 e. The number of hydrogen-bond acceptors (Lipinski definition) is 5. The number of rotatable bonds is 6. The summed E-state index contributed by atoms with van der Waals surface area (Å²) < 4.78 is 17.1. The Kier molecular flexibility index (Phi) is 7.46. The van der Waals surface area contributed by atoms with Crippen molar-refractivity contribution in [2.45, 2.75) is 53.4 Å². The van der Waals surface area contributed by atoms with Crippen LogP contribution in [-0.2, 0) is 9.53 Å². The first kappa shape index (κ1) is 24.5. The fourth-order valence-electron chi connectivity index (χ4n) is 5.57. The Labute approximate surface area is 201 Å². The van der Waals surface area contributed by atoms with Crippen LogP contribution in [-0.4, -0.2) is 43.7 Å². The second-order valence-corrected chi connectivity index (χ2v) is 10.3. The summed E-state index contributed by atoms with van der Waals surface area (Å²) in [6.07, 6.45) is 3.57. The molecule has 1 amide bonds. The van der Waals surface area contributed by atoms with Crippen molar-refractivity contribution in [2.75, 3.05) is 32.9 Å². The molecule has 1 aromatic carbocycles. The fourth-order valence-corrected chi connectivity index (χ4v) is 5.57. The molecule has 2 fully saturated rings. The summed E-state index contributed by atoms with van der Waals surface area (Å²) in [6.45, 7) is 12.2. The summed E-state index contributed by atoms with van der Waals surface area (Å²) in [6, 6.07) is 8.83. The molecule has 1 aliphatic heterocycles. The van der Waals surface area contributed by atoms with E-state index >= 15 is 0 Å². The minimum Gasteiger partial charge on any atom is -0.493 e. The molecule has 184 valence electrons. The van der Waals surface area contributed by atoms with Crippen molar-refractivity contribution >= 4 is 16.9 Å². The van der Waals surface area contributed by atoms with Gasteiger partial charge in [-0.15, -0.1) is 0 Å². The molecule has 0 radical (unpaired) electrons. The van der Waals surface area contributed by atoms with Crippen LogP contribution in [0.1, 0.15) is 53.4 Å². The first-order chi connectivity index (χ1) is 16.3. The maximum Gasteiger partial charge on any atom is 0.336 e. The molecular weight excluding hydrogens is 430 g/mol. The second kappa shape index (κ2) is 10.3. The van der Waals surface area contributed by atoms with Gasteiger partial charge in [-0.25, -0.2) is 4.79 Å². The predicted octanol–water partition coefficient (Wildman–Crippen LogP) is 5.20. The van der Waals surface area contributed by atoms with Crippen LogP contribution >= 0.6 is 0 Å². The molecule has 4 rings (SSSR count). The van der Waals surface area contributed by atoms with Crippen molar-refractivity contribution in [2.24, 2.45) is 17.3 Å². The lowest BCUT2D eigenvalue weighted by molar-refractivity contribution is -0.135. The molecule has 2 aliphatic rings. The highest BCUT2D eigenvalue weighted by Crippen LogP contribution is 2.51. The minimum atomic E-state index is -0.365. The Hall–Kier alpha value is -2.60. The molecule has 1 saturated heterocycles. The standard InChI is InChI=1S/C28H37NO5/c1-19(2)23-9-5-20(3)28(4,24(23)10-11-26(30)29-13-15-32-16-14-29)18-33-22-8-6-21-7-12-27(31)34-25(21)17-22/h6-8,12,17,20,24H,5,9-11,13-16,18H2,1-4H3/t20-,24-,28-/m0/s1. The molecule has 3 atom stereocenters. The van der Waals surface area contributed by atoms with E-state index in [-0.39, 0.29) is 22.9 Å². The number of benzene rings is 1. The summed E-state index contributed by atoms with van der Waals surface area (Å²) in [7, 11) is 0. The number of morpholine rings is 1. The van der Waals surface area contributed by atoms with Gasteiger partial charge in [-0.3, -0.25) is 4.79 Å². The van der Waals surface area contributed by atoms with Crippen molar-refractivity contribution in [1.29, 1.82) is 0 Å². The van der Waals surface area contributed by atoms with E-state index in [4.69, 9.17) is 13.9 Å². The average Bonchev–Trinajstić information content (AvgIpc) is 2.83. The average molecular weight is 468 g/mol. The van der Waals surface area contributed by atoms with Gasteiger partial charge in [0, 0.05) is 42.4 Å². The van der Waals surface area contributed by atoms with E-state index in [2.05, 4.69) is 27.7 Å². The Balaban J connectivity index is 1.53. The minimum absolute atomic E-state index is 0.109. The summed E-state index contributed by atoms with van der Waals surface area (Å²) in [5.74, 6) is 1.66. The van der Waals surface area contributed by atoms with Gasteiger partial charge >= 0.3 is 5.63 Å². The highest BCUT2D eigenvalue weighted by Gasteiger charge is 2.45. The monoisotopic (exact) mass is 467 g/mol. The number of carbonyl (C=O) groups is 1. The van der Waals surface area contributed by atoms with E-state index in [0.717, 1.165) is 24.6 Å². The molecule has 2 heterocycles. The van der Waals surface area contributed by atoms with Crippen LogP contribution in [0.4, 0.5) is 0 Å². The number of ether oxygens (including phenoxy) is 2. The van der Waals surface area contributed by atoms with E-state index < -0.39 is 0 Å². The number of amides is 1. The van der Waals surface area contributed by atoms with Gasteiger partial charge in [-0.2, -0.15) is 0 Å². The maximum atomic E-state index is 12.9. The van der Waals surface area contributed by atoms with Gasteiger partial charge in [0.1, 0.15) is 11.3 Å². The Morgan fingerprint density at radius 3 is 2.65 bits per heavy atom. The quantitative estimate of drug-likeness (QED) is 0.431. The van der Waals surface area contributed by atoms with Gasteiger partial charge in [-0.05, 0) is 63.1 Å². The molecule has 0 unspecified atom stereocenters. The topological polar surface area (TPSA) is 69.0 Å². The maximum absolute atomic E-state index is 12.9. The second-order valence-electron chi connectivity index (χ2n) is 10.3. The third-order valence-corrected chi connectivity index (χ3v) is 7.99. The van der Waals surface area contributed by atoms with Crippen molar-refractivity contribution in [3.05, 3.63) is 51.9 Å². The van der Waals surface area contributed by atoms with Gasteiger partial charge in [0.15, 0.2) is 0 Å². The van der Waals surface area contributed by atoms with Crippen molar-refractivity contribution in [1.82, 2.24) is 4.90 Å². The number of nitrogens with zero attached hydrogens (tertiary/aromatic N) is 1. The molecule has 6 heteroatoms. The van der Waals surface area contributed by atoms with Crippen LogP contribution in [0.3, 0.4) is 0 Å². The zero-order valence-electron chi connectivity index (χ0n) is 20.9. The van der Waals surface area contributed by atoms with Crippen LogP contribution < -0.4 is 10.4 Å². The molecule has 0 bridgehead atoms. The molecule has 1 aliphatic carbocycles. The zero-order chi connectivity index (χ0) is 24.3. The molecule has 2 aromatic rings. The number of hydrogen-bond donors (Lipinski definition) is 0. The summed E-state index contributed by atoms with van der Waals surface area (Å²) in [5.41, 5.74) is 2.89. The molecule has 1 aromatic heterocycles. The Morgan fingerprint density at radius 2 is 1.91 bits per heavy atom. The third kappa shape index (κ3) is 5.22. The predicted molar refractivity (Wildman–Crippen MR) is 133 cm³/mol. The lowest BCUT2D eigenvalue weighted by Gasteiger charge is -2.48. The normalized spacial score (nSPS) is 25.4. The van der Waals surface area contributed by atoms with Crippen molar-refractivity contribution in [3.8, 4) is 5.75 Å². The van der Waals surface area contributed by atoms with E-state index in [1.165, 1.54) is 17.2 Å². The van der Waals surface area contributed by atoms with Crippen LogP contribution in [0.5, 0.6) is 5.75 Å². The first-order valence-corrected chi connectivity index (χ1v) is 12.5. The van der Waals surface area contributed by atoms with E-state index in [1.807, 2.05) is 17.0 Å². The summed E-state index contributed by atoms with van der Waals surface area (Å²) in [4.78, 5) is 26.5. The van der Waals surface area contributed by atoms with Crippen molar-refractivity contribution < 1.29 is 18.7 Å². The molecule has 0 spiro atoms. The van der Waals surface area contributed by atoms with Gasteiger partial charge in [0.25, 0.3) is 0 Å². The van der Waals surface area contributed by atoms with E-state index in [9.17, 15) is 9.59 Å². The number of carbonyl (C=O) groups excluding carboxylic acids is 1. The van der Waals surface area contributed by atoms with Gasteiger partial charge in [-0.1, -0.05) is 25.0 Å². The SMILES string of the molecule is CC(C)=C1CC[C@H](C)[C@](C)(COc2ccc3ccc(=O)oc3c2)[C@H]1CCC(=O)N1CCOCC1. The van der Waals surface area contributed by atoms with E-state index in [1.54, 1.807) is 12.1 Å². The number of fused-ring (bicyclic) bond motifs is 1. The van der Waals surface area contributed by atoms with Crippen molar-refractivity contribution in [3.63, 3.8) is 0 Å². The van der Waals surface area contributed by atoms with Gasteiger partial charge < -0.3 is 18.8 Å². The molecule has 6 nitrogen and oxygen atoms in total. The largest absolute Gasteiger partial charge is 0.493 e. The van der Waals surface area contributed by atoms with Crippen LogP contribution in [0.2, 0.25) is 0 Å². The van der Waals surface area contributed by atoms with E-state index in [0.29, 0.717) is 56.6 Å². The Morgan fingerprint density at radius 1 is 1.18 bits per heavy atom. The van der Waals surface area contributed by atoms with Crippen LogP contribution in [0.15, 0.2) is 50.7 Å². The summed E-state index contributed by atoms with van der Waals surface area (Å²) >= 11 is 0. The fraction of sp³-hybridized carbons (Fsp3) is 0.571.